The Balaban J connectivity index is 2.14. The number of aliphatic carboxylic acids is 1. The minimum Gasteiger partial charge on any atom is -0.496 e. The van der Waals surface area contributed by atoms with Crippen LogP contribution in [0.25, 0.3) is 6.08 Å². The van der Waals surface area contributed by atoms with E-state index in [1.807, 2.05) is 18.2 Å². The van der Waals surface area contributed by atoms with Crippen molar-refractivity contribution in [3.63, 3.8) is 0 Å². The summed E-state index contributed by atoms with van der Waals surface area (Å²) in [4.78, 5) is 14.6. The van der Waals surface area contributed by atoms with Crippen molar-refractivity contribution >= 4 is 23.8 Å². The Morgan fingerprint density at radius 3 is 3.05 bits per heavy atom. The van der Waals surface area contributed by atoms with Crippen molar-refractivity contribution in [2.45, 2.75) is 10.9 Å². The third kappa shape index (κ3) is 3.86. The topological polar surface area (TPSA) is 88.1 Å². The quantitative estimate of drug-likeness (QED) is 0.626. The van der Waals surface area contributed by atoms with Crippen LogP contribution in [-0.2, 0) is 10.5 Å². The second-order valence-corrected chi connectivity index (χ2v) is 4.79. The number of nitrogens with one attached hydrogen (secondary N) is 1. The maximum absolute atomic E-state index is 10.6. The summed E-state index contributed by atoms with van der Waals surface area (Å²) in [5.74, 6) is 0.344. The van der Waals surface area contributed by atoms with Gasteiger partial charge >= 0.3 is 5.97 Å². The maximum Gasteiger partial charge on any atom is 0.328 e. The molecule has 0 amide bonds. The molecule has 2 N–H and O–H groups in total. The molecule has 0 aliphatic carbocycles. The molecule has 7 heteroatoms. The highest BCUT2D eigenvalue weighted by Crippen LogP contribution is 2.25. The van der Waals surface area contributed by atoms with Gasteiger partial charge in [-0.25, -0.2) is 9.78 Å². The zero-order valence-electron chi connectivity index (χ0n) is 10.7. The molecule has 0 bridgehead atoms. The fourth-order valence-corrected chi connectivity index (χ4v) is 2.30. The van der Waals surface area contributed by atoms with Crippen LogP contribution < -0.4 is 4.74 Å². The molecule has 0 saturated heterocycles. The summed E-state index contributed by atoms with van der Waals surface area (Å²) in [7, 11) is 1.55. The number of aromatic amines is 1. The molecule has 0 atom stereocenters. The molecule has 104 valence electrons. The van der Waals surface area contributed by atoms with E-state index in [9.17, 15) is 4.79 Å². The summed E-state index contributed by atoms with van der Waals surface area (Å²) in [6.45, 7) is 0. The van der Waals surface area contributed by atoms with Gasteiger partial charge in [-0.15, -0.1) is 0 Å². The molecule has 0 saturated carbocycles. The number of benzene rings is 1. The SMILES string of the molecule is COc1ccc(CSc2ncn[nH]2)cc1C=CC(=O)O. The molecule has 1 aromatic carbocycles. The number of H-pyrrole nitrogens is 1. The average Bonchev–Trinajstić information content (AvgIpc) is 2.96. The summed E-state index contributed by atoms with van der Waals surface area (Å²) in [5, 5.41) is 16.0. The number of nitrogens with zero attached hydrogens (tertiary/aromatic N) is 2. The van der Waals surface area contributed by atoms with Crippen LogP contribution in [0.3, 0.4) is 0 Å². The van der Waals surface area contributed by atoms with Crippen molar-refractivity contribution < 1.29 is 14.6 Å². The van der Waals surface area contributed by atoms with Crippen molar-refractivity contribution in [1.29, 1.82) is 0 Å². The summed E-state index contributed by atoms with van der Waals surface area (Å²) in [5.41, 5.74) is 1.77. The van der Waals surface area contributed by atoms with Gasteiger partial charge in [0.2, 0.25) is 0 Å². The number of hydrogen-bond donors (Lipinski definition) is 2. The molecule has 0 fully saturated rings. The van der Waals surface area contributed by atoms with Crippen LogP contribution in [0.2, 0.25) is 0 Å². The van der Waals surface area contributed by atoms with Gasteiger partial charge in [0.15, 0.2) is 5.16 Å². The fourth-order valence-electron chi connectivity index (χ4n) is 1.58. The van der Waals surface area contributed by atoms with Crippen LogP contribution in [0.5, 0.6) is 5.75 Å². The summed E-state index contributed by atoms with van der Waals surface area (Å²) >= 11 is 1.52. The number of rotatable bonds is 6. The van der Waals surface area contributed by atoms with Crippen molar-refractivity contribution in [2.75, 3.05) is 7.11 Å². The predicted molar refractivity (Wildman–Crippen MR) is 75.6 cm³/mol. The number of thioether (sulfide) groups is 1. The minimum atomic E-state index is -0.992. The molecule has 1 aromatic heterocycles. The molecule has 0 aliphatic heterocycles. The van der Waals surface area contributed by atoms with Crippen LogP contribution in [0.1, 0.15) is 11.1 Å². The molecule has 1 heterocycles. The van der Waals surface area contributed by atoms with Gasteiger partial charge in [0.05, 0.1) is 7.11 Å². The van der Waals surface area contributed by atoms with Crippen LogP contribution in [0, 0.1) is 0 Å². The Bertz CT molecular complexity index is 611. The summed E-state index contributed by atoms with van der Waals surface area (Å²) in [6, 6.07) is 5.64. The van der Waals surface area contributed by atoms with Gasteiger partial charge in [-0.2, -0.15) is 5.10 Å². The lowest BCUT2D eigenvalue weighted by Gasteiger charge is -2.07. The molecule has 0 spiro atoms. The van der Waals surface area contributed by atoms with E-state index in [1.165, 1.54) is 24.2 Å². The Morgan fingerprint density at radius 1 is 1.55 bits per heavy atom. The van der Waals surface area contributed by atoms with E-state index in [0.29, 0.717) is 11.5 Å². The molecule has 2 rings (SSSR count). The number of ether oxygens (including phenoxy) is 1. The first kappa shape index (κ1) is 14.1. The number of hydrogen-bond acceptors (Lipinski definition) is 5. The van der Waals surface area contributed by atoms with E-state index in [2.05, 4.69) is 15.2 Å². The maximum atomic E-state index is 10.6. The van der Waals surface area contributed by atoms with E-state index in [1.54, 1.807) is 7.11 Å². The van der Waals surface area contributed by atoms with Crippen molar-refractivity contribution in [3.8, 4) is 5.75 Å². The Morgan fingerprint density at radius 2 is 2.40 bits per heavy atom. The monoisotopic (exact) mass is 291 g/mol. The smallest absolute Gasteiger partial charge is 0.328 e. The van der Waals surface area contributed by atoms with Crippen molar-refractivity contribution in [1.82, 2.24) is 15.2 Å². The Labute approximate surface area is 119 Å². The molecule has 20 heavy (non-hydrogen) atoms. The number of carboxylic acids is 1. The van der Waals surface area contributed by atoms with Gasteiger partial charge in [-0.3, -0.25) is 5.10 Å². The number of aromatic nitrogens is 3. The fraction of sp³-hybridized carbons (Fsp3) is 0.154. The highest BCUT2D eigenvalue weighted by Gasteiger charge is 2.04. The first-order valence-corrected chi connectivity index (χ1v) is 6.73. The largest absolute Gasteiger partial charge is 0.496 e. The van der Waals surface area contributed by atoms with E-state index < -0.39 is 5.97 Å². The van der Waals surface area contributed by atoms with Crippen molar-refractivity contribution in [2.24, 2.45) is 0 Å². The highest BCUT2D eigenvalue weighted by atomic mass is 32.2. The summed E-state index contributed by atoms with van der Waals surface area (Å²) in [6.07, 6.45) is 4.06. The van der Waals surface area contributed by atoms with Gasteiger partial charge in [-0.1, -0.05) is 17.8 Å². The second kappa shape index (κ2) is 6.76. The zero-order valence-corrected chi connectivity index (χ0v) is 11.6. The third-order valence-electron chi connectivity index (χ3n) is 2.47. The van der Waals surface area contributed by atoms with Crippen molar-refractivity contribution in [3.05, 3.63) is 41.7 Å². The Kier molecular flexibility index (Phi) is 4.78. The highest BCUT2D eigenvalue weighted by molar-refractivity contribution is 7.98. The predicted octanol–water partition coefficient (Wildman–Crippen LogP) is 2.20. The van der Waals surface area contributed by atoms with E-state index in [0.717, 1.165) is 22.4 Å². The molecule has 0 radical (unpaired) electrons. The zero-order chi connectivity index (χ0) is 14.4. The number of methoxy groups -OCH3 is 1. The minimum absolute atomic E-state index is 0.635. The van der Waals surface area contributed by atoms with Crippen LogP contribution in [0.4, 0.5) is 0 Å². The van der Waals surface area contributed by atoms with E-state index in [4.69, 9.17) is 9.84 Å². The third-order valence-corrected chi connectivity index (χ3v) is 3.42. The second-order valence-electron chi connectivity index (χ2n) is 3.83. The number of carbonyl (C=O) groups is 1. The van der Waals surface area contributed by atoms with Crippen LogP contribution >= 0.6 is 11.8 Å². The normalized spacial score (nSPS) is 10.8. The van der Waals surface area contributed by atoms with Gasteiger partial charge in [0.25, 0.3) is 0 Å². The standard InChI is InChI=1S/C13H13N3O3S/c1-19-11-4-2-9(6-10(11)3-5-12(17)18)7-20-13-14-8-15-16-13/h2-6,8H,7H2,1H3,(H,17,18)(H,14,15,16). The number of carboxylic acid groups (broad SMARTS) is 1. The lowest BCUT2D eigenvalue weighted by molar-refractivity contribution is -0.131. The molecule has 2 aromatic rings. The van der Waals surface area contributed by atoms with E-state index in [-0.39, 0.29) is 0 Å². The molecule has 6 nitrogen and oxygen atoms in total. The first-order valence-electron chi connectivity index (χ1n) is 5.75. The molecular formula is C13H13N3O3S. The Hall–Kier alpha value is -2.28. The van der Waals surface area contributed by atoms with Gasteiger partial charge in [0.1, 0.15) is 12.1 Å². The lowest BCUT2D eigenvalue weighted by atomic mass is 10.1. The van der Waals surface area contributed by atoms with Crippen LogP contribution in [0.15, 0.2) is 35.8 Å². The van der Waals surface area contributed by atoms with Gasteiger partial charge in [-0.05, 0) is 23.8 Å². The van der Waals surface area contributed by atoms with Gasteiger partial charge in [0, 0.05) is 17.4 Å². The first-order chi connectivity index (χ1) is 9.69. The lowest BCUT2D eigenvalue weighted by Crippen LogP contribution is -1.91. The van der Waals surface area contributed by atoms with Gasteiger partial charge < -0.3 is 9.84 Å². The molecular weight excluding hydrogens is 278 g/mol. The molecule has 0 unspecified atom stereocenters. The average molecular weight is 291 g/mol. The summed E-state index contributed by atoms with van der Waals surface area (Å²) < 4.78 is 5.20. The van der Waals surface area contributed by atoms with Crippen LogP contribution in [-0.4, -0.2) is 33.4 Å². The molecule has 0 aliphatic rings. The van der Waals surface area contributed by atoms with E-state index >= 15 is 0 Å².